The van der Waals surface area contributed by atoms with Crippen LogP contribution in [0, 0.1) is 0 Å². The molecule has 2 aromatic rings. The Kier molecular flexibility index (Phi) is 4.02. The molecule has 2 heterocycles. The molecule has 0 radical (unpaired) electrons. The van der Waals surface area contributed by atoms with Crippen LogP contribution in [0.1, 0.15) is 19.8 Å². The van der Waals surface area contributed by atoms with Crippen LogP contribution in [-0.4, -0.2) is 31.7 Å². The zero-order valence-corrected chi connectivity index (χ0v) is 11.4. The topological polar surface area (TPSA) is 99.0 Å². The first-order chi connectivity index (χ1) is 9.54. The highest BCUT2D eigenvalue weighted by atomic mass is 16.5. The van der Waals surface area contributed by atoms with Crippen molar-refractivity contribution in [2.24, 2.45) is 7.05 Å². The number of aryl methyl sites for hydroxylation is 1. The molecule has 20 heavy (non-hydrogen) atoms. The van der Waals surface area contributed by atoms with Gasteiger partial charge in [0, 0.05) is 7.05 Å². The molecule has 1 N–H and O–H groups in total. The summed E-state index contributed by atoms with van der Waals surface area (Å²) in [7, 11) is 1.50. The molecular weight excluding hydrogens is 264 g/mol. The van der Waals surface area contributed by atoms with E-state index in [-0.39, 0.29) is 17.7 Å². The van der Waals surface area contributed by atoms with Gasteiger partial charge < -0.3 is 9.30 Å². The molecule has 0 atom stereocenters. The van der Waals surface area contributed by atoms with Crippen LogP contribution in [-0.2, 0) is 23.1 Å². The number of esters is 1. The van der Waals surface area contributed by atoms with Gasteiger partial charge in [0.2, 0.25) is 0 Å². The van der Waals surface area contributed by atoms with E-state index < -0.39 is 17.2 Å². The van der Waals surface area contributed by atoms with Crippen LogP contribution in [0.3, 0.4) is 0 Å². The largest absolute Gasteiger partial charge is 0.464 e. The first-order valence-electron chi connectivity index (χ1n) is 6.34. The van der Waals surface area contributed by atoms with Crippen molar-refractivity contribution >= 4 is 17.1 Å². The van der Waals surface area contributed by atoms with Crippen LogP contribution in [0.2, 0.25) is 0 Å². The smallest absolute Gasteiger partial charge is 0.329 e. The molecule has 0 unspecified atom stereocenters. The fourth-order valence-electron chi connectivity index (χ4n) is 1.82. The number of rotatable bonds is 5. The molecule has 0 fully saturated rings. The van der Waals surface area contributed by atoms with Crippen LogP contribution in [0.15, 0.2) is 15.9 Å². The third-order valence-electron chi connectivity index (χ3n) is 2.94. The Labute approximate surface area is 114 Å². The quantitative estimate of drug-likeness (QED) is 0.602. The van der Waals surface area contributed by atoms with Crippen molar-refractivity contribution < 1.29 is 9.53 Å². The summed E-state index contributed by atoms with van der Waals surface area (Å²) >= 11 is 0. The third kappa shape index (κ3) is 2.63. The van der Waals surface area contributed by atoms with E-state index in [1.165, 1.54) is 22.5 Å². The first-order valence-corrected chi connectivity index (χ1v) is 6.34. The predicted molar refractivity (Wildman–Crippen MR) is 71.5 cm³/mol. The highest BCUT2D eigenvalue weighted by Gasteiger charge is 2.14. The minimum atomic E-state index is -0.568. The molecule has 8 heteroatoms. The van der Waals surface area contributed by atoms with E-state index in [4.69, 9.17) is 4.74 Å². The van der Waals surface area contributed by atoms with Gasteiger partial charge in [-0.25, -0.2) is 9.78 Å². The van der Waals surface area contributed by atoms with Crippen molar-refractivity contribution in [2.75, 3.05) is 6.61 Å². The Bertz CT molecular complexity index is 740. The molecule has 108 valence electrons. The number of unbranched alkanes of at least 4 members (excludes halogenated alkanes) is 1. The van der Waals surface area contributed by atoms with Gasteiger partial charge >= 0.3 is 11.7 Å². The molecule has 8 nitrogen and oxygen atoms in total. The highest BCUT2D eigenvalue weighted by Crippen LogP contribution is 2.05. The summed E-state index contributed by atoms with van der Waals surface area (Å²) in [5.41, 5.74) is -0.695. The molecule has 0 amide bonds. The van der Waals surface area contributed by atoms with Gasteiger partial charge in [-0.15, -0.1) is 0 Å². The van der Waals surface area contributed by atoms with Gasteiger partial charge in [0.1, 0.15) is 6.54 Å². The van der Waals surface area contributed by atoms with Gasteiger partial charge in [-0.1, -0.05) is 13.3 Å². The monoisotopic (exact) mass is 280 g/mol. The third-order valence-corrected chi connectivity index (χ3v) is 2.94. The summed E-state index contributed by atoms with van der Waals surface area (Å²) in [6.45, 7) is 2.25. The van der Waals surface area contributed by atoms with Gasteiger partial charge in [0.15, 0.2) is 11.2 Å². The number of aromatic nitrogens is 4. The number of H-pyrrole nitrogens is 1. The Morgan fingerprint density at radius 1 is 1.45 bits per heavy atom. The zero-order chi connectivity index (χ0) is 14.7. The van der Waals surface area contributed by atoms with Crippen LogP contribution in [0.4, 0.5) is 0 Å². The summed E-state index contributed by atoms with van der Waals surface area (Å²) in [6.07, 6.45) is 3.08. The molecule has 0 bridgehead atoms. The van der Waals surface area contributed by atoms with E-state index >= 15 is 0 Å². The maximum Gasteiger partial charge on any atom is 0.329 e. The number of ether oxygens (including phenoxy) is 1. The summed E-state index contributed by atoms with van der Waals surface area (Å²) < 4.78 is 7.62. The second kappa shape index (κ2) is 5.72. The number of carbonyl (C=O) groups excluding carboxylic acids is 1. The van der Waals surface area contributed by atoms with E-state index in [0.717, 1.165) is 12.8 Å². The van der Waals surface area contributed by atoms with Gasteiger partial charge in [0.05, 0.1) is 12.9 Å². The number of aromatic amines is 1. The maximum atomic E-state index is 11.8. The minimum absolute atomic E-state index is 0.110. The zero-order valence-electron chi connectivity index (χ0n) is 11.4. The van der Waals surface area contributed by atoms with E-state index in [2.05, 4.69) is 9.97 Å². The second-order valence-corrected chi connectivity index (χ2v) is 4.44. The molecular formula is C12H16N4O4. The van der Waals surface area contributed by atoms with Crippen molar-refractivity contribution in [1.29, 1.82) is 0 Å². The van der Waals surface area contributed by atoms with Crippen molar-refractivity contribution in [1.82, 2.24) is 19.1 Å². The van der Waals surface area contributed by atoms with E-state index in [1.54, 1.807) is 0 Å². The van der Waals surface area contributed by atoms with Crippen molar-refractivity contribution in [3.05, 3.63) is 27.2 Å². The first kappa shape index (κ1) is 14.0. The van der Waals surface area contributed by atoms with Crippen LogP contribution < -0.4 is 11.2 Å². The molecule has 0 aliphatic heterocycles. The normalized spacial score (nSPS) is 10.9. The lowest BCUT2D eigenvalue weighted by atomic mass is 10.4. The fourth-order valence-corrected chi connectivity index (χ4v) is 1.82. The van der Waals surface area contributed by atoms with Crippen molar-refractivity contribution in [2.45, 2.75) is 26.3 Å². The molecule has 0 aliphatic carbocycles. The number of nitrogens with zero attached hydrogens (tertiary/aromatic N) is 3. The second-order valence-electron chi connectivity index (χ2n) is 4.44. The summed E-state index contributed by atoms with van der Waals surface area (Å²) in [5.74, 6) is -0.439. The number of hydrogen-bond donors (Lipinski definition) is 1. The van der Waals surface area contributed by atoms with Crippen LogP contribution >= 0.6 is 0 Å². The van der Waals surface area contributed by atoms with Gasteiger partial charge in [0.25, 0.3) is 5.56 Å². The number of fused-ring (bicyclic) bond motifs is 1. The summed E-state index contributed by atoms with van der Waals surface area (Å²) in [5, 5.41) is 0. The lowest BCUT2D eigenvalue weighted by molar-refractivity contribution is -0.144. The van der Waals surface area contributed by atoms with Crippen molar-refractivity contribution in [3.8, 4) is 0 Å². The lowest BCUT2D eigenvalue weighted by Crippen LogP contribution is -2.29. The molecule has 2 rings (SSSR count). The molecule has 0 saturated heterocycles. The molecule has 0 saturated carbocycles. The average molecular weight is 280 g/mol. The van der Waals surface area contributed by atoms with Gasteiger partial charge in [-0.2, -0.15) is 0 Å². The Balaban J connectivity index is 2.28. The van der Waals surface area contributed by atoms with Gasteiger partial charge in [-0.3, -0.25) is 19.1 Å². The highest BCUT2D eigenvalue weighted by molar-refractivity contribution is 5.74. The lowest BCUT2D eigenvalue weighted by Gasteiger charge is -2.05. The summed E-state index contributed by atoms with van der Waals surface area (Å²) in [6, 6.07) is 0. The van der Waals surface area contributed by atoms with Crippen molar-refractivity contribution in [3.63, 3.8) is 0 Å². The number of imidazole rings is 1. The molecule has 0 aromatic carbocycles. The minimum Gasteiger partial charge on any atom is -0.464 e. The standard InChI is InChI=1S/C12H16N4O4/c1-3-4-5-20-8(17)6-16-7-13-10-9(16)11(18)14-12(19)15(10)2/h7H,3-6H2,1-2H3,(H,14,18,19). The van der Waals surface area contributed by atoms with E-state index in [9.17, 15) is 14.4 Å². The number of carbonyl (C=O) groups is 1. The predicted octanol–water partition coefficient (Wildman–Crippen LogP) is -0.233. The molecule has 0 spiro atoms. The van der Waals surface area contributed by atoms with E-state index in [0.29, 0.717) is 6.61 Å². The maximum absolute atomic E-state index is 11.8. The Morgan fingerprint density at radius 2 is 2.20 bits per heavy atom. The van der Waals surface area contributed by atoms with E-state index in [1.807, 2.05) is 6.92 Å². The average Bonchev–Trinajstić information content (AvgIpc) is 2.81. The van der Waals surface area contributed by atoms with Crippen LogP contribution in [0.25, 0.3) is 11.2 Å². The van der Waals surface area contributed by atoms with Crippen LogP contribution in [0.5, 0.6) is 0 Å². The Hall–Kier alpha value is -2.38. The molecule has 2 aromatic heterocycles. The Morgan fingerprint density at radius 3 is 2.90 bits per heavy atom. The number of nitrogens with one attached hydrogen (secondary N) is 1. The summed E-state index contributed by atoms with van der Waals surface area (Å²) in [4.78, 5) is 41.0. The molecule has 0 aliphatic rings. The number of hydrogen-bond acceptors (Lipinski definition) is 5. The SMILES string of the molecule is CCCCOC(=O)Cn1cnc2c1c(=O)[nH]c(=O)n2C. The fraction of sp³-hybridized carbons (Fsp3) is 0.500. The van der Waals surface area contributed by atoms with Gasteiger partial charge in [-0.05, 0) is 6.42 Å².